The molecule has 1 fully saturated rings. The van der Waals surface area contributed by atoms with Crippen LogP contribution in [0, 0.1) is 0 Å². The number of pyridine rings is 1. The van der Waals surface area contributed by atoms with E-state index in [1.54, 1.807) is 0 Å². The number of ether oxygens (including phenoxy) is 1. The van der Waals surface area contributed by atoms with Crippen molar-refractivity contribution in [3.8, 4) is 16.9 Å². The average molecular weight is 394 g/mol. The summed E-state index contributed by atoms with van der Waals surface area (Å²) in [6.45, 7) is 10.5. The summed E-state index contributed by atoms with van der Waals surface area (Å²) in [5.74, 6) is 2.12. The van der Waals surface area contributed by atoms with Crippen molar-refractivity contribution in [2.24, 2.45) is 0 Å². The molecular weight excluding hydrogens is 358 g/mol. The molecule has 1 aliphatic carbocycles. The van der Waals surface area contributed by atoms with Crippen LogP contribution in [-0.4, -0.2) is 49.2 Å². The number of anilines is 1. The first-order valence-corrected chi connectivity index (χ1v) is 11.5. The highest BCUT2D eigenvalue weighted by molar-refractivity contribution is 5.72. The SMILES string of the molecule is CCOc1ccc(-c2cc(N3CCN(CC)CC3)nc3c2CCCCCC3)cc1. The molecule has 0 saturated carbocycles. The zero-order chi connectivity index (χ0) is 20.1. The number of aromatic nitrogens is 1. The van der Waals surface area contributed by atoms with Crippen LogP contribution in [-0.2, 0) is 12.8 Å². The molecule has 1 aromatic heterocycles. The fraction of sp³-hybridized carbons (Fsp3) is 0.560. The number of hydrogen-bond donors (Lipinski definition) is 0. The molecule has 0 spiro atoms. The lowest BCUT2D eigenvalue weighted by molar-refractivity contribution is 0.270. The Morgan fingerprint density at radius 1 is 0.897 bits per heavy atom. The van der Waals surface area contributed by atoms with Gasteiger partial charge in [-0.1, -0.05) is 31.9 Å². The van der Waals surface area contributed by atoms with E-state index in [1.165, 1.54) is 53.9 Å². The van der Waals surface area contributed by atoms with Gasteiger partial charge in [-0.05, 0) is 74.0 Å². The van der Waals surface area contributed by atoms with Crippen LogP contribution in [0.15, 0.2) is 30.3 Å². The summed E-state index contributed by atoms with van der Waals surface area (Å²) in [5, 5.41) is 0. The van der Waals surface area contributed by atoms with E-state index in [0.717, 1.165) is 51.3 Å². The third-order valence-corrected chi connectivity index (χ3v) is 6.41. The Morgan fingerprint density at radius 3 is 2.31 bits per heavy atom. The van der Waals surface area contributed by atoms with Gasteiger partial charge >= 0.3 is 0 Å². The summed E-state index contributed by atoms with van der Waals surface area (Å²) in [6.07, 6.45) is 7.46. The highest BCUT2D eigenvalue weighted by Crippen LogP contribution is 2.34. The molecule has 0 amide bonds. The van der Waals surface area contributed by atoms with Gasteiger partial charge in [0.15, 0.2) is 0 Å². The maximum absolute atomic E-state index is 5.66. The zero-order valence-electron chi connectivity index (χ0n) is 18.1. The van der Waals surface area contributed by atoms with Crippen LogP contribution in [0.25, 0.3) is 11.1 Å². The van der Waals surface area contributed by atoms with Crippen LogP contribution in [0.3, 0.4) is 0 Å². The maximum atomic E-state index is 5.66. The number of rotatable bonds is 5. The minimum absolute atomic E-state index is 0.706. The van der Waals surface area contributed by atoms with E-state index < -0.39 is 0 Å². The smallest absolute Gasteiger partial charge is 0.129 e. The molecule has 1 aliphatic heterocycles. The van der Waals surface area contributed by atoms with Gasteiger partial charge in [0, 0.05) is 31.9 Å². The van der Waals surface area contributed by atoms with E-state index in [0.29, 0.717) is 6.61 Å². The fourth-order valence-electron chi connectivity index (χ4n) is 4.65. The quantitative estimate of drug-likeness (QED) is 0.719. The lowest BCUT2D eigenvalue weighted by atomic mass is 9.90. The third-order valence-electron chi connectivity index (χ3n) is 6.41. The van der Waals surface area contributed by atoms with Crippen LogP contribution in [0.2, 0.25) is 0 Å². The lowest BCUT2D eigenvalue weighted by Gasteiger charge is -2.35. The van der Waals surface area contributed by atoms with Crippen molar-refractivity contribution >= 4 is 5.82 Å². The van der Waals surface area contributed by atoms with Crippen LogP contribution in [0.1, 0.15) is 50.8 Å². The normalized spacial score (nSPS) is 18.1. The van der Waals surface area contributed by atoms with E-state index >= 15 is 0 Å². The summed E-state index contributed by atoms with van der Waals surface area (Å²) >= 11 is 0. The maximum Gasteiger partial charge on any atom is 0.129 e. The molecule has 4 heteroatoms. The molecule has 1 saturated heterocycles. The number of nitrogens with zero attached hydrogens (tertiary/aromatic N) is 3. The number of fused-ring (bicyclic) bond motifs is 1. The number of hydrogen-bond acceptors (Lipinski definition) is 4. The molecule has 0 atom stereocenters. The minimum atomic E-state index is 0.706. The summed E-state index contributed by atoms with van der Waals surface area (Å²) < 4.78 is 5.66. The molecule has 0 bridgehead atoms. The van der Waals surface area contributed by atoms with Gasteiger partial charge in [0.2, 0.25) is 0 Å². The van der Waals surface area contributed by atoms with E-state index in [9.17, 15) is 0 Å². The van der Waals surface area contributed by atoms with Crippen molar-refractivity contribution < 1.29 is 4.74 Å². The second-order valence-corrected chi connectivity index (χ2v) is 8.25. The largest absolute Gasteiger partial charge is 0.494 e. The number of piperazine rings is 1. The Bertz CT molecular complexity index is 794. The molecular formula is C25H35N3O. The van der Waals surface area contributed by atoms with Crippen molar-refractivity contribution in [2.75, 3.05) is 44.2 Å². The van der Waals surface area contributed by atoms with Gasteiger partial charge in [0.05, 0.1) is 6.61 Å². The lowest BCUT2D eigenvalue weighted by Crippen LogP contribution is -2.46. The molecule has 1 aromatic carbocycles. The number of aryl methyl sites for hydroxylation is 1. The first-order chi connectivity index (χ1) is 14.3. The molecule has 0 radical (unpaired) electrons. The van der Waals surface area contributed by atoms with Crippen LogP contribution in [0.4, 0.5) is 5.82 Å². The van der Waals surface area contributed by atoms with E-state index in [1.807, 2.05) is 6.92 Å². The first-order valence-electron chi connectivity index (χ1n) is 11.5. The topological polar surface area (TPSA) is 28.6 Å². The van der Waals surface area contributed by atoms with E-state index in [4.69, 9.17) is 9.72 Å². The van der Waals surface area contributed by atoms with Crippen LogP contribution in [0.5, 0.6) is 5.75 Å². The van der Waals surface area contributed by atoms with Gasteiger partial charge in [-0.15, -0.1) is 0 Å². The van der Waals surface area contributed by atoms with Crippen molar-refractivity contribution in [2.45, 2.75) is 52.4 Å². The Balaban J connectivity index is 1.70. The molecule has 2 aromatic rings. The predicted molar refractivity (Wildman–Crippen MR) is 121 cm³/mol. The van der Waals surface area contributed by atoms with Crippen LogP contribution >= 0.6 is 0 Å². The van der Waals surface area contributed by atoms with Gasteiger partial charge in [-0.3, -0.25) is 0 Å². The van der Waals surface area contributed by atoms with Crippen molar-refractivity contribution in [3.63, 3.8) is 0 Å². The molecule has 2 heterocycles. The predicted octanol–water partition coefficient (Wildman–Crippen LogP) is 4.95. The monoisotopic (exact) mass is 393 g/mol. The van der Waals surface area contributed by atoms with Crippen molar-refractivity contribution in [1.29, 1.82) is 0 Å². The zero-order valence-corrected chi connectivity index (χ0v) is 18.1. The van der Waals surface area contributed by atoms with Gasteiger partial charge in [-0.2, -0.15) is 0 Å². The number of likely N-dealkylation sites (N-methyl/N-ethyl adjacent to an activating group) is 1. The molecule has 0 unspecified atom stereocenters. The Hall–Kier alpha value is -2.07. The Morgan fingerprint density at radius 2 is 1.62 bits per heavy atom. The van der Waals surface area contributed by atoms with Crippen molar-refractivity contribution in [1.82, 2.24) is 9.88 Å². The highest BCUT2D eigenvalue weighted by atomic mass is 16.5. The molecule has 29 heavy (non-hydrogen) atoms. The van der Waals surface area contributed by atoms with Crippen LogP contribution < -0.4 is 9.64 Å². The molecule has 0 N–H and O–H groups in total. The fourth-order valence-corrected chi connectivity index (χ4v) is 4.65. The number of benzene rings is 1. The molecule has 156 valence electrons. The van der Waals surface area contributed by atoms with Gasteiger partial charge in [0.25, 0.3) is 0 Å². The standard InChI is InChI=1S/C25H35N3O/c1-3-27-15-17-28(18-16-27)25-19-23(20-11-13-21(14-12-20)29-4-2)22-9-7-5-6-8-10-24(22)26-25/h11-14,19H,3-10,15-18H2,1-2H3. The van der Waals surface area contributed by atoms with Gasteiger partial charge in [-0.25, -0.2) is 4.98 Å². The highest BCUT2D eigenvalue weighted by Gasteiger charge is 2.21. The third kappa shape index (κ3) is 4.75. The summed E-state index contributed by atoms with van der Waals surface area (Å²) in [7, 11) is 0. The Kier molecular flexibility index (Phi) is 6.70. The second-order valence-electron chi connectivity index (χ2n) is 8.25. The summed E-state index contributed by atoms with van der Waals surface area (Å²) in [4.78, 5) is 10.2. The summed E-state index contributed by atoms with van der Waals surface area (Å²) in [5.41, 5.74) is 5.49. The van der Waals surface area contributed by atoms with Crippen molar-refractivity contribution in [3.05, 3.63) is 41.6 Å². The summed E-state index contributed by atoms with van der Waals surface area (Å²) in [6, 6.07) is 11.0. The average Bonchev–Trinajstić information content (AvgIpc) is 2.75. The molecule has 2 aliphatic rings. The van der Waals surface area contributed by atoms with Gasteiger partial charge in [0.1, 0.15) is 11.6 Å². The van der Waals surface area contributed by atoms with Gasteiger partial charge < -0.3 is 14.5 Å². The second kappa shape index (κ2) is 9.62. The minimum Gasteiger partial charge on any atom is -0.494 e. The molecule has 4 nitrogen and oxygen atoms in total. The first kappa shape index (κ1) is 20.2. The Labute approximate surface area is 175 Å². The molecule has 4 rings (SSSR count). The van der Waals surface area contributed by atoms with E-state index in [-0.39, 0.29) is 0 Å². The van der Waals surface area contributed by atoms with E-state index in [2.05, 4.69) is 47.1 Å².